The van der Waals surface area contributed by atoms with Crippen molar-refractivity contribution in [1.29, 1.82) is 0 Å². The number of phenols is 1. The van der Waals surface area contributed by atoms with E-state index in [-0.39, 0.29) is 25.3 Å². The number of methoxy groups -OCH3 is 1. The molecule has 0 saturated carbocycles. The van der Waals surface area contributed by atoms with Gasteiger partial charge in [0.1, 0.15) is 30.0 Å². The molecule has 3 amide bonds. The minimum atomic E-state index is -1.09. The van der Waals surface area contributed by atoms with E-state index >= 15 is 0 Å². The molecule has 2 aromatic rings. The fraction of sp³-hybridized carbons (Fsp3) is 0.529. The number of aryl methyl sites for hydroxylation is 1. The fourth-order valence-corrected chi connectivity index (χ4v) is 4.70. The molecule has 3 N–H and O–H groups in total. The highest BCUT2D eigenvalue weighted by atomic mass is 16.6. The highest BCUT2D eigenvalue weighted by Gasteiger charge is 2.36. The summed E-state index contributed by atoms with van der Waals surface area (Å²) in [4.78, 5) is 54.6. The van der Waals surface area contributed by atoms with Crippen LogP contribution in [-0.4, -0.2) is 65.7 Å². The van der Waals surface area contributed by atoms with E-state index in [1.54, 1.807) is 45.0 Å². The summed E-state index contributed by atoms with van der Waals surface area (Å²) in [5.41, 5.74) is 1.44. The molecule has 0 fully saturated rings. The van der Waals surface area contributed by atoms with Crippen LogP contribution in [0.4, 0.5) is 4.79 Å². The van der Waals surface area contributed by atoms with Gasteiger partial charge in [0.2, 0.25) is 11.8 Å². The fourth-order valence-electron chi connectivity index (χ4n) is 4.70. The van der Waals surface area contributed by atoms with E-state index in [9.17, 15) is 24.3 Å². The largest absolute Gasteiger partial charge is 0.508 e. The molecule has 0 aliphatic heterocycles. The van der Waals surface area contributed by atoms with Gasteiger partial charge in [-0.3, -0.25) is 14.4 Å². The Kier molecular flexibility index (Phi) is 14.7. The molecule has 44 heavy (non-hydrogen) atoms. The van der Waals surface area contributed by atoms with Crippen molar-refractivity contribution in [2.45, 2.75) is 97.2 Å². The number of carbonyl (C=O) groups excluding carboxylic acids is 4. The lowest BCUT2D eigenvalue weighted by molar-refractivity contribution is -0.144. The van der Waals surface area contributed by atoms with Crippen LogP contribution in [0.1, 0.15) is 89.0 Å². The zero-order valence-electron chi connectivity index (χ0n) is 27.0. The van der Waals surface area contributed by atoms with Crippen molar-refractivity contribution in [3.05, 3.63) is 65.2 Å². The summed E-state index contributed by atoms with van der Waals surface area (Å²) in [5, 5.41) is 15.1. The second-order valence-electron chi connectivity index (χ2n) is 12.0. The average Bonchev–Trinajstić information content (AvgIpc) is 2.97. The molecule has 2 rings (SSSR count). The highest BCUT2D eigenvalue weighted by Crippen LogP contribution is 2.25. The number of alkyl carbamates (subject to hydrolysis) is 1. The molecule has 0 spiro atoms. The van der Waals surface area contributed by atoms with Gasteiger partial charge >= 0.3 is 12.1 Å². The molecule has 2 atom stereocenters. The summed E-state index contributed by atoms with van der Waals surface area (Å²) in [7, 11) is 1.23. The Labute approximate surface area is 261 Å². The van der Waals surface area contributed by atoms with Gasteiger partial charge in [0.05, 0.1) is 7.11 Å². The zero-order chi connectivity index (χ0) is 32.7. The Morgan fingerprint density at radius 2 is 1.52 bits per heavy atom. The van der Waals surface area contributed by atoms with Crippen LogP contribution in [0.5, 0.6) is 5.75 Å². The molecule has 2 aromatic carbocycles. The van der Waals surface area contributed by atoms with E-state index in [4.69, 9.17) is 9.47 Å². The maximum Gasteiger partial charge on any atom is 0.408 e. The van der Waals surface area contributed by atoms with Gasteiger partial charge in [-0.25, -0.2) is 4.79 Å². The number of phenolic OH excluding ortho intramolecular Hbond substituents is 1. The van der Waals surface area contributed by atoms with Crippen molar-refractivity contribution in [1.82, 2.24) is 15.5 Å². The number of ether oxygens (including phenoxy) is 2. The number of esters is 1. The first-order chi connectivity index (χ1) is 20.8. The van der Waals surface area contributed by atoms with Crippen LogP contribution in [0.15, 0.2) is 48.5 Å². The van der Waals surface area contributed by atoms with Crippen LogP contribution in [-0.2, 0) is 30.3 Å². The molecule has 2 unspecified atom stereocenters. The third kappa shape index (κ3) is 12.7. The molecule has 10 heteroatoms. The summed E-state index contributed by atoms with van der Waals surface area (Å²) >= 11 is 0. The number of aromatic hydroxyl groups is 1. The number of nitrogens with zero attached hydrogens (tertiary/aromatic N) is 1. The SMILES string of the molecule is CCCCCCCCN(C(=O)C(Cc1ccc(O)cc1)NC(=O)OC(C)(C)C)C(C(=O)NCC(=O)OC)c1ccc(C)cc1. The van der Waals surface area contributed by atoms with Crippen LogP contribution < -0.4 is 10.6 Å². The van der Waals surface area contributed by atoms with Crippen molar-refractivity contribution in [3.63, 3.8) is 0 Å². The monoisotopic (exact) mass is 611 g/mol. The summed E-state index contributed by atoms with van der Waals surface area (Å²) in [6, 6.07) is 11.5. The van der Waals surface area contributed by atoms with E-state index in [0.29, 0.717) is 17.5 Å². The topological polar surface area (TPSA) is 134 Å². The van der Waals surface area contributed by atoms with E-state index < -0.39 is 41.6 Å². The Balaban J connectivity index is 2.53. The van der Waals surface area contributed by atoms with Crippen molar-refractivity contribution < 1.29 is 33.8 Å². The maximum absolute atomic E-state index is 14.5. The summed E-state index contributed by atoms with van der Waals surface area (Å²) in [6.07, 6.45) is 5.12. The molecular formula is C34H49N3O7. The first-order valence-electron chi connectivity index (χ1n) is 15.3. The van der Waals surface area contributed by atoms with E-state index in [1.807, 2.05) is 19.1 Å². The van der Waals surface area contributed by atoms with Crippen molar-refractivity contribution in [2.24, 2.45) is 0 Å². The van der Waals surface area contributed by atoms with Crippen molar-refractivity contribution >= 4 is 23.9 Å². The average molecular weight is 612 g/mol. The van der Waals surface area contributed by atoms with E-state index in [2.05, 4.69) is 17.6 Å². The molecule has 242 valence electrons. The number of rotatable bonds is 16. The van der Waals surface area contributed by atoms with Gasteiger partial charge in [0.15, 0.2) is 0 Å². The Morgan fingerprint density at radius 1 is 0.909 bits per heavy atom. The number of hydrogen-bond acceptors (Lipinski definition) is 7. The predicted octanol–water partition coefficient (Wildman–Crippen LogP) is 5.36. The second-order valence-corrected chi connectivity index (χ2v) is 12.0. The lowest BCUT2D eigenvalue weighted by Gasteiger charge is -2.34. The van der Waals surface area contributed by atoms with Gasteiger partial charge in [-0.1, -0.05) is 81.0 Å². The van der Waals surface area contributed by atoms with Gasteiger partial charge < -0.3 is 30.1 Å². The molecule has 0 aliphatic carbocycles. The van der Waals surface area contributed by atoms with Gasteiger partial charge in [0, 0.05) is 13.0 Å². The third-order valence-corrected chi connectivity index (χ3v) is 6.99. The van der Waals surface area contributed by atoms with Gasteiger partial charge in [-0.2, -0.15) is 0 Å². The van der Waals surface area contributed by atoms with Crippen LogP contribution in [0.25, 0.3) is 0 Å². The number of unbranched alkanes of at least 4 members (excludes halogenated alkanes) is 5. The summed E-state index contributed by atoms with van der Waals surface area (Å²) in [6.45, 7) is 9.15. The molecule has 0 saturated heterocycles. The van der Waals surface area contributed by atoms with Crippen LogP contribution in [0.2, 0.25) is 0 Å². The first-order valence-corrected chi connectivity index (χ1v) is 15.3. The second kappa shape index (κ2) is 17.9. The number of hydrogen-bond donors (Lipinski definition) is 3. The Hall–Kier alpha value is -4.08. The quantitative estimate of drug-likeness (QED) is 0.172. The normalized spacial score (nSPS) is 12.5. The molecule has 10 nitrogen and oxygen atoms in total. The standard InChI is InChI=1S/C34H49N3O7/c1-7-8-9-10-11-12-21-37(30(26-17-13-24(2)14-18-26)31(40)35-23-29(39)43-6)32(41)28(36-33(42)44-34(3,4)5)22-25-15-19-27(38)20-16-25/h13-20,28,30,38H,7-12,21-23H2,1-6H3,(H,35,40)(H,36,42). The van der Waals surface area contributed by atoms with Gasteiger partial charge in [-0.05, 0) is 57.4 Å². The predicted molar refractivity (Wildman–Crippen MR) is 169 cm³/mol. The molecular weight excluding hydrogens is 562 g/mol. The zero-order valence-corrected chi connectivity index (χ0v) is 27.0. The number of nitrogens with one attached hydrogen (secondary N) is 2. The Bertz CT molecular complexity index is 1210. The first kappa shape index (κ1) is 36.1. The Morgan fingerprint density at radius 3 is 2.11 bits per heavy atom. The maximum atomic E-state index is 14.5. The number of amides is 3. The minimum Gasteiger partial charge on any atom is -0.508 e. The van der Waals surface area contributed by atoms with Crippen molar-refractivity contribution in [2.75, 3.05) is 20.2 Å². The molecule has 0 aromatic heterocycles. The number of carbonyl (C=O) groups is 4. The minimum absolute atomic E-state index is 0.0724. The van der Waals surface area contributed by atoms with Crippen LogP contribution in [0.3, 0.4) is 0 Å². The highest BCUT2D eigenvalue weighted by molar-refractivity contribution is 5.93. The molecule has 0 aliphatic rings. The summed E-state index contributed by atoms with van der Waals surface area (Å²) in [5.74, 6) is -1.56. The molecule has 0 bridgehead atoms. The number of benzene rings is 2. The smallest absolute Gasteiger partial charge is 0.408 e. The van der Waals surface area contributed by atoms with E-state index in [1.165, 1.54) is 24.1 Å². The summed E-state index contributed by atoms with van der Waals surface area (Å²) < 4.78 is 10.2. The van der Waals surface area contributed by atoms with Crippen LogP contribution >= 0.6 is 0 Å². The van der Waals surface area contributed by atoms with Gasteiger partial charge in [0.25, 0.3) is 0 Å². The van der Waals surface area contributed by atoms with E-state index in [0.717, 1.165) is 37.7 Å². The van der Waals surface area contributed by atoms with Crippen molar-refractivity contribution in [3.8, 4) is 5.75 Å². The molecule has 0 heterocycles. The third-order valence-electron chi connectivity index (χ3n) is 6.99. The van der Waals surface area contributed by atoms with Gasteiger partial charge in [-0.15, -0.1) is 0 Å². The lowest BCUT2D eigenvalue weighted by atomic mass is 9.99. The molecule has 0 radical (unpaired) electrons. The lowest BCUT2D eigenvalue weighted by Crippen LogP contribution is -2.54. The van der Waals surface area contributed by atoms with Crippen LogP contribution in [0, 0.1) is 6.92 Å².